The molecule has 106 valence electrons. The third kappa shape index (κ3) is 2.84. The summed E-state index contributed by atoms with van der Waals surface area (Å²) in [5.74, 6) is 0.776. The number of nitrogens with zero attached hydrogens (tertiary/aromatic N) is 1. The van der Waals surface area contributed by atoms with E-state index in [1.54, 1.807) is 0 Å². The molecular weight excluding hydrogens is 252 g/mol. The lowest BCUT2D eigenvalue weighted by Crippen LogP contribution is -2.32. The van der Waals surface area contributed by atoms with Gasteiger partial charge < -0.3 is 10.2 Å². The van der Waals surface area contributed by atoms with Crippen molar-refractivity contribution in [3.05, 3.63) is 29.8 Å². The highest BCUT2D eigenvalue weighted by atomic mass is 16.2. The van der Waals surface area contributed by atoms with E-state index in [4.69, 9.17) is 0 Å². The first kappa shape index (κ1) is 13.2. The number of hydrogen-bond acceptors (Lipinski definition) is 2. The van der Waals surface area contributed by atoms with E-state index in [-0.39, 0.29) is 23.7 Å². The van der Waals surface area contributed by atoms with E-state index in [2.05, 4.69) is 5.32 Å². The zero-order chi connectivity index (χ0) is 14.1. The summed E-state index contributed by atoms with van der Waals surface area (Å²) in [7, 11) is 0. The molecule has 1 saturated heterocycles. The van der Waals surface area contributed by atoms with Gasteiger partial charge in [-0.05, 0) is 31.9 Å². The van der Waals surface area contributed by atoms with Gasteiger partial charge in [-0.3, -0.25) is 9.59 Å². The monoisotopic (exact) mass is 272 g/mol. The Morgan fingerprint density at radius 3 is 2.65 bits per heavy atom. The molecule has 2 amide bonds. The Morgan fingerprint density at radius 1 is 1.30 bits per heavy atom. The SMILES string of the molecule is Cc1ccc(N2C[C@@H](CNC(=O)C3CC3)CC2=O)cc1. The molecule has 4 heteroatoms. The average Bonchev–Trinajstić information content (AvgIpc) is 3.21. The highest BCUT2D eigenvalue weighted by Gasteiger charge is 2.33. The Labute approximate surface area is 119 Å². The lowest BCUT2D eigenvalue weighted by atomic mass is 10.1. The van der Waals surface area contributed by atoms with Gasteiger partial charge in [0, 0.05) is 37.0 Å². The van der Waals surface area contributed by atoms with E-state index in [0.29, 0.717) is 19.5 Å². The summed E-state index contributed by atoms with van der Waals surface area (Å²) in [6.45, 7) is 3.35. The molecule has 0 radical (unpaired) electrons. The van der Waals surface area contributed by atoms with Gasteiger partial charge in [-0.2, -0.15) is 0 Å². The van der Waals surface area contributed by atoms with Gasteiger partial charge in [0.2, 0.25) is 11.8 Å². The molecule has 0 bridgehead atoms. The molecule has 1 N–H and O–H groups in total. The van der Waals surface area contributed by atoms with E-state index in [1.165, 1.54) is 5.56 Å². The Hall–Kier alpha value is -1.84. The molecule has 1 saturated carbocycles. The number of carbonyl (C=O) groups is 2. The summed E-state index contributed by atoms with van der Waals surface area (Å²) in [4.78, 5) is 25.5. The summed E-state index contributed by atoms with van der Waals surface area (Å²) in [5, 5.41) is 2.97. The maximum absolute atomic E-state index is 12.1. The second kappa shape index (κ2) is 5.27. The summed E-state index contributed by atoms with van der Waals surface area (Å²) in [6, 6.07) is 8.01. The van der Waals surface area contributed by atoms with Crippen LogP contribution in [0.3, 0.4) is 0 Å². The summed E-state index contributed by atoms with van der Waals surface area (Å²) in [6.07, 6.45) is 2.56. The van der Waals surface area contributed by atoms with Crippen LogP contribution in [0.4, 0.5) is 5.69 Å². The first-order chi connectivity index (χ1) is 9.63. The normalized spacial score (nSPS) is 22.1. The van der Waals surface area contributed by atoms with E-state index < -0.39 is 0 Å². The number of amides is 2. The number of carbonyl (C=O) groups excluding carboxylic acids is 2. The van der Waals surface area contributed by atoms with E-state index in [1.807, 2.05) is 36.1 Å². The van der Waals surface area contributed by atoms with Crippen LogP contribution in [0.5, 0.6) is 0 Å². The zero-order valence-electron chi connectivity index (χ0n) is 11.8. The van der Waals surface area contributed by atoms with Crippen LogP contribution < -0.4 is 10.2 Å². The molecule has 2 aliphatic rings. The molecule has 20 heavy (non-hydrogen) atoms. The Bertz CT molecular complexity index is 520. The number of anilines is 1. The van der Waals surface area contributed by atoms with E-state index >= 15 is 0 Å². The van der Waals surface area contributed by atoms with Crippen molar-refractivity contribution in [2.75, 3.05) is 18.0 Å². The Kier molecular flexibility index (Phi) is 3.47. The lowest BCUT2D eigenvalue weighted by Gasteiger charge is -2.17. The van der Waals surface area contributed by atoms with Crippen molar-refractivity contribution in [2.24, 2.45) is 11.8 Å². The predicted molar refractivity (Wildman–Crippen MR) is 77.4 cm³/mol. The highest BCUT2D eigenvalue weighted by Crippen LogP contribution is 2.29. The first-order valence-electron chi connectivity index (χ1n) is 7.28. The predicted octanol–water partition coefficient (Wildman–Crippen LogP) is 1.87. The van der Waals surface area contributed by atoms with Gasteiger partial charge in [0.15, 0.2) is 0 Å². The minimum atomic E-state index is 0.152. The quantitative estimate of drug-likeness (QED) is 0.909. The molecule has 3 rings (SSSR count). The fourth-order valence-electron chi connectivity index (χ4n) is 2.63. The Balaban J connectivity index is 1.57. The fourth-order valence-corrected chi connectivity index (χ4v) is 2.63. The number of hydrogen-bond donors (Lipinski definition) is 1. The molecule has 1 aliphatic heterocycles. The smallest absolute Gasteiger partial charge is 0.227 e. The van der Waals surface area contributed by atoms with Crippen LogP contribution in [0.2, 0.25) is 0 Å². The molecule has 0 spiro atoms. The number of aryl methyl sites for hydroxylation is 1. The fraction of sp³-hybridized carbons (Fsp3) is 0.500. The second-order valence-corrected chi connectivity index (χ2v) is 5.93. The number of rotatable bonds is 4. The minimum absolute atomic E-state index is 0.152. The van der Waals surface area contributed by atoms with Crippen LogP contribution in [0.15, 0.2) is 24.3 Å². The first-order valence-corrected chi connectivity index (χ1v) is 7.28. The topological polar surface area (TPSA) is 49.4 Å². The molecular formula is C16H20N2O2. The average molecular weight is 272 g/mol. The van der Waals surface area contributed by atoms with Crippen LogP contribution >= 0.6 is 0 Å². The molecule has 4 nitrogen and oxygen atoms in total. The van der Waals surface area contributed by atoms with Crippen LogP contribution in [-0.4, -0.2) is 24.9 Å². The van der Waals surface area contributed by atoms with Gasteiger partial charge in [-0.1, -0.05) is 17.7 Å². The summed E-state index contributed by atoms with van der Waals surface area (Å²) in [5.41, 5.74) is 2.14. The van der Waals surface area contributed by atoms with Crippen molar-refractivity contribution >= 4 is 17.5 Å². The van der Waals surface area contributed by atoms with Crippen molar-refractivity contribution in [3.8, 4) is 0 Å². The summed E-state index contributed by atoms with van der Waals surface area (Å²) >= 11 is 0. The maximum Gasteiger partial charge on any atom is 0.227 e. The molecule has 1 aromatic rings. The van der Waals surface area contributed by atoms with Gasteiger partial charge in [-0.25, -0.2) is 0 Å². The largest absolute Gasteiger partial charge is 0.356 e. The molecule has 0 unspecified atom stereocenters. The minimum Gasteiger partial charge on any atom is -0.356 e. The second-order valence-electron chi connectivity index (χ2n) is 5.93. The third-order valence-corrected chi connectivity index (χ3v) is 4.06. The summed E-state index contributed by atoms with van der Waals surface area (Å²) < 4.78 is 0. The van der Waals surface area contributed by atoms with Crippen molar-refractivity contribution in [1.29, 1.82) is 0 Å². The van der Waals surface area contributed by atoms with Crippen LogP contribution in [0, 0.1) is 18.8 Å². The highest BCUT2D eigenvalue weighted by molar-refractivity contribution is 5.95. The van der Waals surface area contributed by atoms with Gasteiger partial charge in [0.1, 0.15) is 0 Å². The van der Waals surface area contributed by atoms with E-state index in [9.17, 15) is 9.59 Å². The molecule has 2 fully saturated rings. The van der Waals surface area contributed by atoms with Gasteiger partial charge in [-0.15, -0.1) is 0 Å². The third-order valence-electron chi connectivity index (χ3n) is 4.06. The van der Waals surface area contributed by atoms with Crippen molar-refractivity contribution in [2.45, 2.75) is 26.2 Å². The molecule has 0 aromatic heterocycles. The van der Waals surface area contributed by atoms with E-state index in [0.717, 1.165) is 18.5 Å². The molecule has 1 atom stereocenters. The van der Waals surface area contributed by atoms with Crippen LogP contribution in [-0.2, 0) is 9.59 Å². The number of nitrogens with one attached hydrogen (secondary N) is 1. The maximum atomic E-state index is 12.1. The van der Waals surface area contributed by atoms with Crippen LogP contribution in [0.1, 0.15) is 24.8 Å². The number of benzene rings is 1. The van der Waals surface area contributed by atoms with Gasteiger partial charge in [0.05, 0.1) is 0 Å². The molecule has 1 aromatic carbocycles. The van der Waals surface area contributed by atoms with Crippen molar-refractivity contribution in [3.63, 3.8) is 0 Å². The zero-order valence-corrected chi connectivity index (χ0v) is 11.8. The van der Waals surface area contributed by atoms with Crippen LogP contribution in [0.25, 0.3) is 0 Å². The van der Waals surface area contributed by atoms with Gasteiger partial charge in [0.25, 0.3) is 0 Å². The van der Waals surface area contributed by atoms with Gasteiger partial charge >= 0.3 is 0 Å². The van der Waals surface area contributed by atoms with Crippen molar-refractivity contribution in [1.82, 2.24) is 5.32 Å². The molecule has 1 heterocycles. The van der Waals surface area contributed by atoms with Crippen molar-refractivity contribution < 1.29 is 9.59 Å². The standard InChI is InChI=1S/C16H20N2O2/c1-11-2-6-14(7-3-11)18-10-12(8-15(18)19)9-17-16(20)13-4-5-13/h2-3,6-7,12-13H,4-5,8-10H2,1H3,(H,17,20)/t12-/m1/s1. The lowest BCUT2D eigenvalue weighted by molar-refractivity contribution is -0.122. The Morgan fingerprint density at radius 2 is 2.00 bits per heavy atom. The molecule has 1 aliphatic carbocycles.